The van der Waals surface area contributed by atoms with Crippen molar-refractivity contribution < 1.29 is 0 Å². The number of nitrogens with two attached hydrogens (primary N) is 1. The number of nitrogens with zero attached hydrogens (tertiary/aromatic N) is 5. The van der Waals surface area contributed by atoms with Crippen LogP contribution in [0.25, 0.3) is 0 Å². The van der Waals surface area contributed by atoms with Crippen LogP contribution >= 0.6 is 23.4 Å². The van der Waals surface area contributed by atoms with Gasteiger partial charge in [-0.05, 0) is 0 Å². The Morgan fingerprint density at radius 1 is 1.38 bits per heavy atom. The molecule has 0 aliphatic heterocycles. The molecule has 2 heterocycles. The minimum absolute atomic E-state index is 0.403. The van der Waals surface area contributed by atoms with Crippen LogP contribution < -0.4 is 5.73 Å². The maximum absolute atomic E-state index is 5.88. The van der Waals surface area contributed by atoms with Crippen molar-refractivity contribution in [2.24, 2.45) is 14.1 Å². The van der Waals surface area contributed by atoms with Gasteiger partial charge in [0.1, 0.15) is 11.0 Å². The van der Waals surface area contributed by atoms with Crippen molar-refractivity contribution in [2.45, 2.75) is 10.9 Å². The Morgan fingerprint density at radius 2 is 2.12 bits per heavy atom. The number of rotatable bonds is 3. The Morgan fingerprint density at radius 3 is 2.62 bits per heavy atom. The highest BCUT2D eigenvalue weighted by molar-refractivity contribution is 7.98. The van der Waals surface area contributed by atoms with E-state index in [2.05, 4.69) is 15.2 Å². The number of hydrogen-bond donors (Lipinski definition) is 1. The minimum Gasteiger partial charge on any atom is -0.368 e. The van der Waals surface area contributed by atoms with Gasteiger partial charge in [-0.1, -0.05) is 23.4 Å². The van der Waals surface area contributed by atoms with E-state index in [4.69, 9.17) is 17.3 Å². The standard InChI is InChI=1S/C8H11ClN6S/c1-14-5(9)3-11-6(14)4-16-8-13-12-7(10)15(8)2/h3H,4H2,1-2H3,(H2,10,12). The zero-order valence-electron chi connectivity index (χ0n) is 8.88. The third kappa shape index (κ3) is 2.00. The van der Waals surface area contributed by atoms with E-state index < -0.39 is 0 Å². The summed E-state index contributed by atoms with van der Waals surface area (Å²) in [4.78, 5) is 4.19. The second kappa shape index (κ2) is 4.34. The number of halogens is 1. The molecule has 0 amide bonds. The summed E-state index contributed by atoms with van der Waals surface area (Å²) in [6.07, 6.45) is 1.63. The zero-order chi connectivity index (χ0) is 11.7. The van der Waals surface area contributed by atoms with Crippen LogP contribution in [0.2, 0.25) is 5.15 Å². The molecule has 0 spiro atoms. The molecule has 2 rings (SSSR count). The van der Waals surface area contributed by atoms with E-state index in [0.29, 0.717) is 16.9 Å². The van der Waals surface area contributed by atoms with Gasteiger partial charge in [-0.3, -0.25) is 4.57 Å². The molecule has 8 heteroatoms. The first kappa shape index (κ1) is 11.3. The molecule has 0 radical (unpaired) electrons. The molecule has 2 N–H and O–H groups in total. The van der Waals surface area contributed by atoms with Gasteiger partial charge < -0.3 is 10.3 Å². The van der Waals surface area contributed by atoms with E-state index in [1.807, 2.05) is 18.7 Å². The van der Waals surface area contributed by atoms with Gasteiger partial charge in [-0.25, -0.2) is 4.98 Å². The first-order chi connectivity index (χ1) is 7.59. The first-order valence-corrected chi connectivity index (χ1v) is 5.89. The van der Waals surface area contributed by atoms with Gasteiger partial charge in [0.25, 0.3) is 0 Å². The van der Waals surface area contributed by atoms with Crippen LogP contribution in [-0.4, -0.2) is 24.3 Å². The quantitative estimate of drug-likeness (QED) is 0.834. The van der Waals surface area contributed by atoms with Crippen molar-refractivity contribution in [1.29, 1.82) is 0 Å². The Balaban J connectivity index is 2.08. The number of imidazole rings is 1. The molecule has 0 aliphatic rings. The maximum atomic E-state index is 5.88. The predicted molar refractivity (Wildman–Crippen MR) is 63.2 cm³/mol. The number of anilines is 1. The van der Waals surface area contributed by atoms with Gasteiger partial charge in [-0.15, -0.1) is 10.2 Å². The largest absolute Gasteiger partial charge is 0.368 e. The van der Waals surface area contributed by atoms with Crippen molar-refractivity contribution in [3.05, 3.63) is 17.2 Å². The summed E-state index contributed by atoms with van der Waals surface area (Å²) in [6, 6.07) is 0. The van der Waals surface area contributed by atoms with Crippen LogP contribution in [-0.2, 0) is 19.8 Å². The van der Waals surface area contributed by atoms with Crippen molar-refractivity contribution in [2.75, 3.05) is 5.73 Å². The molecule has 0 atom stereocenters. The second-order valence-corrected chi connectivity index (χ2v) is 4.57. The molecule has 0 saturated heterocycles. The zero-order valence-corrected chi connectivity index (χ0v) is 10.5. The van der Waals surface area contributed by atoms with Crippen LogP contribution in [0.4, 0.5) is 5.95 Å². The van der Waals surface area contributed by atoms with Gasteiger partial charge in [0.05, 0.1) is 11.9 Å². The highest BCUT2D eigenvalue weighted by Crippen LogP contribution is 2.22. The van der Waals surface area contributed by atoms with E-state index >= 15 is 0 Å². The molecule has 0 aromatic carbocycles. The summed E-state index contributed by atoms with van der Waals surface area (Å²) in [6.45, 7) is 0. The molecule has 0 unspecified atom stereocenters. The van der Waals surface area contributed by atoms with Gasteiger partial charge in [0.15, 0.2) is 5.16 Å². The lowest BCUT2D eigenvalue weighted by atomic mass is 10.7. The Labute approximate surface area is 102 Å². The van der Waals surface area contributed by atoms with Gasteiger partial charge in [-0.2, -0.15) is 0 Å². The van der Waals surface area contributed by atoms with Gasteiger partial charge in [0.2, 0.25) is 5.95 Å². The van der Waals surface area contributed by atoms with Gasteiger partial charge >= 0.3 is 0 Å². The SMILES string of the molecule is Cn1c(Cl)cnc1CSc1nnc(N)n1C. The lowest BCUT2D eigenvalue weighted by Gasteiger charge is -2.02. The highest BCUT2D eigenvalue weighted by atomic mass is 35.5. The number of nitrogen functional groups attached to an aromatic ring is 1. The smallest absolute Gasteiger partial charge is 0.222 e. The highest BCUT2D eigenvalue weighted by Gasteiger charge is 2.09. The van der Waals surface area contributed by atoms with Crippen molar-refractivity contribution >= 4 is 29.3 Å². The first-order valence-electron chi connectivity index (χ1n) is 4.53. The monoisotopic (exact) mass is 258 g/mol. The average molecular weight is 259 g/mol. The van der Waals surface area contributed by atoms with Crippen molar-refractivity contribution in [3.8, 4) is 0 Å². The molecular formula is C8H11ClN6S. The van der Waals surface area contributed by atoms with E-state index in [1.54, 1.807) is 10.8 Å². The van der Waals surface area contributed by atoms with Gasteiger partial charge in [0, 0.05) is 14.1 Å². The Kier molecular flexibility index (Phi) is 3.06. The molecule has 6 nitrogen and oxygen atoms in total. The van der Waals surface area contributed by atoms with Crippen LogP contribution in [0.3, 0.4) is 0 Å². The van der Waals surface area contributed by atoms with E-state index in [9.17, 15) is 0 Å². The van der Waals surface area contributed by atoms with Crippen molar-refractivity contribution in [1.82, 2.24) is 24.3 Å². The summed E-state index contributed by atoms with van der Waals surface area (Å²) < 4.78 is 3.56. The second-order valence-electron chi connectivity index (χ2n) is 3.24. The summed E-state index contributed by atoms with van der Waals surface area (Å²) >= 11 is 7.40. The lowest BCUT2D eigenvalue weighted by Crippen LogP contribution is -1.99. The van der Waals surface area contributed by atoms with E-state index in [-0.39, 0.29) is 0 Å². The molecular weight excluding hydrogens is 248 g/mol. The summed E-state index contributed by atoms with van der Waals surface area (Å²) in [7, 11) is 3.69. The lowest BCUT2D eigenvalue weighted by molar-refractivity contribution is 0.791. The van der Waals surface area contributed by atoms with Crippen LogP contribution in [0.1, 0.15) is 5.82 Å². The summed E-state index contributed by atoms with van der Waals surface area (Å²) in [5.41, 5.74) is 5.58. The number of aromatic nitrogens is 5. The third-order valence-corrected chi connectivity index (χ3v) is 3.59. The van der Waals surface area contributed by atoms with Crippen LogP contribution in [0.15, 0.2) is 11.4 Å². The molecule has 86 valence electrons. The van der Waals surface area contributed by atoms with Crippen LogP contribution in [0, 0.1) is 0 Å². The fraction of sp³-hybridized carbons (Fsp3) is 0.375. The fourth-order valence-electron chi connectivity index (χ4n) is 1.14. The maximum Gasteiger partial charge on any atom is 0.222 e. The molecule has 2 aromatic rings. The molecule has 0 aliphatic carbocycles. The topological polar surface area (TPSA) is 74.6 Å². The van der Waals surface area contributed by atoms with Crippen molar-refractivity contribution in [3.63, 3.8) is 0 Å². The van der Waals surface area contributed by atoms with E-state index in [1.165, 1.54) is 11.8 Å². The predicted octanol–water partition coefficient (Wildman–Crippen LogP) is 1.08. The Hall–Kier alpha value is -1.21. The molecule has 0 saturated carbocycles. The summed E-state index contributed by atoms with van der Waals surface area (Å²) in [5.74, 6) is 1.96. The number of thioether (sulfide) groups is 1. The average Bonchev–Trinajstić information content (AvgIpc) is 2.74. The normalized spacial score (nSPS) is 10.9. The van der Waals surface area contributed by atoms with E-state index in [0.717, 1.165) is 11.0 Å². The molecule has 2 aromatic heterocycles. The Bertz CT molecular complexity index is 458. The third-order valence-electron chi connectivity index (χ3n) is 2.23. The summed E-state index contributed by atoms with van der Waals surface area (Å²) in [5, 5.41) is 9.10. The molecule has 16 heavy (non-hydrogen) atoms. The fourth-order valence-corrected chi connectivity index (χ4v) is 2.20. The molecule has 0 fully saturated rings. The number of hydrogen-bond acceptors (Lipinski definition) is 5. The van der Waals surface area contributed by atoms with Crippen LogP contribution in [0.5, 0.6) is 0 Å². The minimum atomic E-state index is 0.403. The molecule has 0 bridgehead atoms.